The molecule has 1 aliphatic rings. The van der Waals surface area contributed by atoms with E-state index in [9.17, 15) is 13.2 Å². The van der Waals surface area contributed by atoms with E-state index in [0.29, 0.717) is 11.4 Å². The number of nitrogens with one attached hydrogen (secondary N) is 1. The third kappa shape index (κ3) is 6.38. The fourth-order valence-electron chi connectivity index (χ4n) is 3.81. The van der Waals surface area contributed by atoms with Crippen molar-refractivity contribution in [2.45, 2.75) is 45.8 Å². The van der Waals surface area contributed by atoms with Gasteiger partial charge in [0.25, 0.3) is 0 Å². The lowest BCUT2D eigenvalue weighted by molar-refractivity contribution is -0.120. The third-order valence-corrected chi connectivity index (χ3v) is 6.57. The van der Waals surface area contributed by atoms with E-state index in [1.807, 2.05) is 32.9 Å². The summed E-state index contributed by atoms with van der Waals surface area (Å²) in [6.07, 6.45) is 3.56. The molecule has 8 heteroatoms. The van der Waals surface area contributed by atoms with E-state index >= 15 is 0 Å². The molecular weight excluding hydrogens is 426 g/mol. The van der Waals surface area contributed by atoms with Gasteiger partial charge in [-0.05, 0) is 75.6 Å². The number of hydrogen-bond acceptors (Lipinski definition) is 5. The van der Waals surface area contributed by atoms with Gasteiger partial charge in [0, 0.05) is 18.8 Å². The van der Waals surface area contributed by atoms with E-state index in [4.69, 9.17) is 4.74 Å². The Hall–Kier alpha value is -2.74. The lowest BCUT2D eigenvalue weighted by atomic mass is 10.1. The quantitative estimate of drug-likeness (QED) is 0.618. The Labute approximate surface area is 191 Å². The van der Waals surface area contributed by atoms with Crippen LogP contribution >= 0.6 is 0 Å². The topological polar surface area (TPSA) is 79.0 Å². The van der Waals surface area contributed by atoms with Gasteiger partial charge in [0.2, 0.25) is 15.9 Å². The van der Waals surface area contributed by atoms with E-state index in [-0.39, 0.29) is 24.6 Å². The number of benzene rings is 2. The van der Waals surface area contributed by atoms with Crippen molar-refractivity contribution in [1.29, 1.82) is 0 Å². The van der Waals surface area contributed by atoms with E-state index in [1.165, 1.54) is 18.5 Å². The monoisotopic (exact) mass is 459 g/mol. The number of hydrogen-bond donors (Lipinski definition) is 1. The van der Waals surface area contributed by atoms with Crippen molar-refractivity contribution < 1.29 is 17.9 Å². The summed E-state index contributed by atoms with van der Waals surface area (Å²) in [5, 5.41) is 2.91. The van der Waals surface area contributed by atoms with Gasteiger partial charge in [-0.3, -0.25) is 9.10 Å². The molecule has 1 aliphatic heterocycles. The molecule has 1 amide bonds. The zero-order valence-electron chi connectivity index (χ0n) is 19.2. The first-order chi connectivity index (χ1) is 15.1. The highest BCUT2D eigenvalue weighted by Crippen LogP contribution is 2.24. The number of ether oxygens (including phenoxy) is 1. The standard InChI is InChI=1S/C24H33N3O4S/c1-18(2)31-23-13-11-22(12-14-23)27(32(4,29)30)17-24(28)25-19(3)20-7-9-21(10-8-20)26-15-5-6-16-26/h7-14,18-19H,5-6,15-17H2,1-4H3,(H,25,28). The summed E-state index contributed by atoms with van der Waals surface area (Å²) >= 11 is 0. The third-order valence-electron chi connectivity index (χ3n) is 5.43. The molecule has 0 spiro atoms. The Morgan fingerprint density at radius 2 is 1.62 bits per heavy atom. The Bertz CT molecular complexity index is 999. The summed E-state index contributed by atoms with van der Waals surface area (Å²) in [5.74, 6) is 0.279. The van der Waals surface area contributed by atoms with Crippen LogP contribution < -0.4 is 19.3 Å². The van der Waals surface area contributed by atoms with Crippen LogP contribution in [0.2, 0.25) is 0 Å². The molecule has 1 N–H and O–H groups in total. The molecule has 1 fully saturated rings. The minimum atomic E-state index is -3.64. The Morgan fingerprint density at radius 3 is 2.16 bits per heavy atom. The van der Waals surface area contributed by atoms with Crippen LogP contribution in [-0.2, 0) is 14.8 Å². The van der Waals surface area contributed by atoms with Crippen molar-refractivity contribution >= 4 is 27.3 Å². The van der Waals surface area contributed by atoms with E-state index < -0.39 is 10.0 Å². The van der Waals surface area contributed by atoms with Crippen LogP contribution in [0.4, 0.5) is 11.4 Å². The van der Waals surface area contributed by atoms with Gasteiger partial charge in [0.1, 0.15) is 12.3 Å². The zero-order valence-corrected chi connectivity index (χ0v) is 20.1. The summed E-state index contributed by atoms with van der Waals surface area (Å²) in [4.78, 5) is 15.1. The van der Waals surface area contributed by atoms with Gasteiger partial charge in [0.15, 0.2) is 0 Å². The Morgan fingerprint density at radius 1 is 1.03 bits per heavy atom. The van der Waals surface area contributed by atoms with Crippen LogP contribution in [0, 0.1) is 0 Å². The van der Waals surface area contributed by atoms with Crippen LogP contribution in [-0.4, -0.2) is 46.3 Å². The lowest BCUT2D eigenvalue weighted by Gasteiger charge is -2.24. The molecule has 3 rings (SSSR count). The second-order valence-corrected chi connectivity index (χ2v) is 10.4. The van der Waals surface area contributed by atoms with Gasteiger partial charge >= 0.3 is 0 Å². The molecule has 1 heterocycles. The minimum absolute atomic E-state index is 0.0172. The fraction of sp³-hybridized carbons (Fsp3) is 0.458. The smallest absolute Gasteiger partial charge is 0.241 e. The van der Waals surface area contributed by atoms with E-state index in [2.05, 4.69) is 22.3 Å². The molecule has 0 aromatic heterocycles. The number of amides is 1. The Kier molecular flexibility index (Phi) is 7.66. The number of nitrogens with zero attached hydrogens (tertiary/aromatic N) is 2. The predicted molar refractivity (Wildman–Crippen MR) is 129 cm³/mol. The molecule has 0 aliphatic carbocycles. The average Bonchev–Trinajstić information content (AvgIpc) is 3.26. The summed E-state index contributed by atoms with van der Waals surface area (Å²) in [7, 11) is -3.64. The number of carbonyl (C=O) groups is 1. The normalized spacial score (nSPS) is 15.0. The Balaban J connectivity index is 1.64. The number of sulfonamides is 1. The largest absolute Gasteiger partial charge is 0.491 e. The summed E-state index contributed by atoms with van der Waals surface area (Å²) < 4.78 is 31.4. The maximum Gasteiger partial charge on any atom is 0.241 e. The maximum absolute atomic E-state index is 12.7. The van der Waals surface area contributed by atoms with Crippen molar-refractivity contribution in [3.8, 4) is 5.75 Å². The van der Waals surface area contributed by atoms with E-state index in [1.54, 1.807) is 24.3 Å². The second-order valence-electron chi connectivity index (χ2n) is 8.51. The minimum Gasteiger partial charge on any atom is -0.491 e. The van der Waals surface area contributed by atoms with Gasteiger partial charge in [-0.25, -0.2) is 8.42 Å². The molecule has 32 heavy (non-hydrogen) atoms. The van der Waals surface area contributed by atoms with Gasteiger partial charge < -0.3 is 15.0 Å². The first-order valence-electron chi connectivity index (χ1n) is 11.0. The summed E-state index contributed by atoms with van der Waals surface area (Å²) in [6.45, 7) is 7.60. The van der Waals surface area contributed by atoms with Crippen molar-refractivity contribution in [3.05, 3.63) is 54.1 Å². The molecule has 1 unspecified atom stereocenters. The lowest BCUT2D eigenvalue weighted by Crippen LogP contribution is -2.41. The van der Waals surface area contributed by atoms with Gasteiger partial charge in [0.05, 0.1) is 24.1 Å². The maximum atomic E-state index is 12.7. The van der Waals surface area contributed by atoms with Crippen LogP contribution in [0.1, 0.15) is 45.2 Å². The first-order valence-corrected chi connectivity index (χ1v) is 12.9. The number of carbonyl (C=O) groups excluding carboxylic acids is 1. The van der Waals surface area contributed by atoms with Crippen molar-refractivity contribution in [2.24, 2.45) is 0 Å². The molecule has 0 radical (unpaired) electrons. The molecule has 2 aromatic carbocycles. The number of rotatable bonds is 9. The van der Waals surface area contributed by atoms with Crippen LogP contribution in [0.3, 0.4) is 0 Å². The van der Waals surface area contributed by atoms with Crippen molar-refractivity contribution in [1.82, 2.24) is 5.32 Å². The molecule has 0 saturated carbocycles. The second kappa shape index (κ2) is 10.3. The first kappa shape index (κ1) is 23.9. The molecule has 2 aromatic rings. The molecule has 1 saturated heterocycles. The predicted octanol–water partition coefficient (Wildman–Crippen LogP) is 3.72. The molecule has 174 valence electrons. The molecule has 0 bridgehead atoms. The van der Waals surface area contributed by atoms with Crippen molar-refractivity contribution in [2.75, 3.05) is 35.1 Å². The van der Waals surface area contributed by atoms with Crippen LogP contribution in [0.5, 0.6) is 5.75 Å². The summed E-state index contributed by atoms with van der Waals surface area (Å²) in [5.41, 5.74) is 2.58. The van der Waals surface area contributed by atoms with Crippen LogP contribution in [0.25, 0.3) is 0 Å². The van der Waals surface area contributed by atoms with E-state index in [0.717, 1.165) is 29.2 Å². The van der Waals surface area contributed by atoms with Gasteiger partial charge in [-0.1, -0.05) is 12.1 Å². The van der Waals surface area contributed by atoms with Crippen LogP contribution in [0.15, 0.2) is 48.5 Å². The highest BCUT2D eigenvalue weighted by molar-refractivity contribution is 7.92. The average molecular weight is 460 g/mol. The number of anilines is 2. The van der Waals surface area contributed by atoms with Crippen molar-refractivity contribution in [3.63, 3.8) is 0 Å². The SMILES string of the molecule is CC(C)Oc1ccc(N(CC(=O)NC(C)c2ccc(N3CCCC3)cc2)S(C)(=O)=O)cc1. The highest BCUT2D eigenvalue weighted by Gasteiger charge is 2.22. The zero-order chi connectivity index (χ0) is 23.3. The van der Waals surface area contributed by atoms with Gasteiger partial charge in [-0.2, -0.15) is 0 Å². The molecule has 7 nitrogen and oxygen atoms in total. The molecular formula is C24H33N3O4S. The molecule has 1 atom stereocenters. The highest BCUT2D eigenvalue weighted by atomic mass is 32.2. The fourth-order valence-corrected chi connectivity index (χ4v) is 4.67. The van der Waals surface area contributed by atoms with Gasteiger partial charge in [-0.15, -0.1) is 0 Å². The summed E-state index contributed by atoms with van der Waals surface area (Å²) in [6, 6.07) is 14.6.